The molecule has 0 saturated carbocycles. The Morgan fingerprint density at radius 2 is 2.27 bits per heavy atom. The minimum atomic E-state index is -0.583. The molecule has 6 nitrogen and oxygen atoms in total. The van der Waals surface area contributed by atoms with E-state index in [9.17, 15) is 9.59 Å². The predicted octanol–water partition coefficient (Wildman–Crippen LogP) is 0.105. The number of nitrogens with zero attached hydrogens (tertiary/aromatic N) is 2. The number of aromatic amines is 1. The van der Waals surface area contributed by atoms with E-state index >= 15 is 0 Å². The lowest BCUT2D eigenvalue weighted by Gasteiger charge is -1.99. The summed E-state index contributed by atoms with van der Waals surface area (Å²) in [5.41, 5.74) is 0.211. The molecular weight excluding hydrogens is 198 g/mol. The number of H-pyrrole nitrogens is 1. The van der Waals surface area contributed by atoms with E-state index in [2.05, 4.69) is 19.7 Å². The molecule has 2 heterocycles. The van der Waals surface area contributed by atoms with Crippen molar-refractivity contribution < 1.29 is 9.53 Å². The minimum absolute atomic E-state index is 0.0866. The van der Waals surface area contributed by atoms with Crippen molar-refractivity contribution in [1.82, 2.24) is 15.0 Å². The topological polar surface area (TPSA) is 84.9 Å². The molecule has 0 aliphatic carbocycles. The summed E-state index contributed by atoms with van der Waals surface area (Å²) < 4.78 is 4.49. The van der Waals surface area contributed by atoms with Gasteiger partial charge in [-0.05, 0) is 6.07 Å². The highest BCUT2D eigenvalue weighted by atomic mass is 16.5. The lowest BCUT2D eigenvalue weighted by atomic mass is 10.2. The molecule has 0 aliphatic rings. The Morgan fingerprint density at radius 3 is 3.00 bits per heavy atom. The van der Waals surface area contributed by atoms with Crippen molar-refractivity contribution in [3.05, 3.63) is 34.6 Å². The third-order valence-corrected chi connectivity index (χ3v) is 1.92. The molecule has 0 saturated heterocycles. The van der Waals surface area contributed by atoms with Crippen LogP contribution in [0.15, 0.2) is 23.4 Å². The van der Waals surface area contributed by atoms with E-state index < -0.39 is 5.97 Å². The maximum absolute atomic E-state index is 11.4. The lowest BCUT2D eigenvalue weighted by Crippen LogP contribution is -2.10. The second-order valence-corrected chi connectivity index (χ2v) is 2.81. The van der Waals surface area contributed by atoms with E-state index in [1.165, 1.54) is 25.7 Å². The first kappa shape index (κ1) is 9.32. The molecule has 15 heavy (non-hydrogen) atoms. The quantitative estimate of drug-likeness (QED) is 0.667. The number of carbonyl (C=O) groups excluding carboxylic acids is 1. The number of rotatable bonds is 1. The summed E-state index contributed by atoms with van der Waals surface area (Å²) in [6, 6.07) is 1.35. The molecule has 2 aromatic heterocycles. The Labute approximate surface area is 83.9 Å². The summed E-state index contributed by atoms with van der Waals surface area (Å²) in [5, 5.41) is 0.313. The number of nitrogens with one attached hydrogen (secondary N) is 1. The average Bonchev–Trinajstić information content (AvgIpc) is 2.28. The Kier molecular flexibility index (Phi) is 2.17. The second-order valence-electron chi connectivity index (χ2n) is 2.81. The molecule has 0 aliphatic heterocycles. The van der Waals surface area contributed by atoms with Crippen LogP contribution >= 0.6 is 0 Å². The van der Waals surface area contributed by atoms with Gasteiger partial charge in [0.15, 0.2) is 0 Å². The van der Waals surface area contributed by atoms with Crippen LogP contribution in [0.2, 0.25) is 0 Å². The molecule has 0 atom stereocenters. The smallest absolute Gasteiger partial charge is 0.356 e. The largest absolute Gasteiger partial charge is 0.464 e. The minimum Gasteiger partial charge on any atom is -0.464 e. The van der Waals surface area contributed by atoms with Gasteiger partial charge in [-0.15, -0.1) is 0 Å². The predicted molar refractivity (Wildman–Crippen MR) is 51.5 cm³/mol. The average molecular weight is 205 g/mol. The van der Waals surface area contributed by atoms with Gasteiger partial charge in [0.1, 0.15) is 5.69 Å². The van der Waals surface area contributed by atoms with Crippen molar-refractivity contribution in [2.45, 2.75) is 0 Å². The van der Waals surface area contributed by atoms with Crippen molar-refractivity contribution in [2.24, 2.45) is 0 Å². The Morgan fingerprint density at radius 1 is 1.47 bits per heavy atom. The van der Waals surface area contributed by atoms with Crippen LogP contribution in [0.1, 0.15) is 10.5 Å². The number of hydrogen-bond acceptors (Lipinski definition) is 5. The van der Waals surface area contributed by atoms with Gasteiger partial charge < -0.3 is 9.72 Å². The van der Waals surface area contributed by atoms with E-state index in [4.69, 9.17) is 0 Å². The molecule has 1 N–H and O–H groups in total. The van der Waals surface area contributed by atoms with E-state index in [1.807, 2.05) is 0 Å². The normalized spacial score (nSPS) is 10.2. The highest BCUT2D eigenvalue weighted by molar-refractivity contribution is 5.91. The van der Waals surface area contributed by atoms with Crippen molar-refractivity contribution in [1.29, 1.82) is 0 Å². The number of aromatic nitrogens is 3. The van der Waals surface area contributed by atoms with Crippen LogP contribution in [-0.4, -0.2) is 28.0 Å². The van der Waals surface area contributed by atoms with Crippen molar-refractivity contribution in [3.8, 4) is 0 Å². The summed E-state index contributed by atoms with van der Waals surface area (Å²) >= 11 is 0. The summed E-state index contributed by atoms with van der Waals surface area (Å²) in [6.07, 6.45) is 2.64. The van der Waals surface area contributed by atoms with Gasteiger partial charge in [0, 0.05) is 0 Å². The summed E-state index contributed by atoms with van der Waals surface area (Å²) in [4.78, 5) is 32.7. The van der Waals surface area contributed by atoms with Gasteiger partial charge in [0.2, 0.25) is 0 Å². The standard InChI is InChI=1S/C9H7N3O3/c1-15-9(14)6-2-5-7(3-10-6)11-4-12-8(5)13/h2-4H,1H3,(H,11,12,13). The van der Waals surface area contributed by atoms with Crippen LogP contribution < -0.4 is 5.56 Å². The molecule has 2 rings (SSSR count). The van der Waals surface area contributed by atoms with E-state index in [0.29, 0.717) is 10.9 Å². The molecule has 76 valence electrons. The zero-order chi connectivity index (χ0) is 10.8. The molecule has 0 fully saturated rings. The number of hydrogen-bond donors (Lipinski definition) is 1. The summed E-state index contributed by atoms with van der Waals surface area (Å²) in [5.74, 6) is -0.583. The summed E-state index contributed by atoms with van der Waals surface area (Å²) in [6.45, 7) is 0. The van der Waals surface area contributed by atoms with Gasteiger partial charge in [-0.2, -0.15) is 0 Å². The molecule has 2 aromatic rings. The highest BCUT2D eigenvalue weighted by Gasteiger charge is 2.09. The number of carbonyl (C=O) groups is 1. The number of esters is 1. The van der Waals surface area contributed by atoms with Crippen molar-refractivity contribution in [3.63, 3.8) is 0 Å². The third kappa shape index (κ3) is 1.56. The second kappa shape index (κ2) is 3.49. The van der Waals surface area contributed by atoms with Crippen LogP contribution in [-0.2, 0) is 4.74 Å². The highest BCUT2D eigenvalue weighted by Crippen LogP contribution is 2.06. The Bertz CT molecular complexity index is 576. The molecule has 0 amide bonds. The molecule has 0 bridgehead atoms. The fraction of sp³-hybridized carbons (Fsp3) is 0.111. The molecule has 0 spiro atoms. The molecule has 0 aromatic carbocycles. The van der Waals surface area contributed by atoms with Crippen LogP contribution in [0.3, 0.4) is 0 Å². The number of methoxy groups -OCH3 is 1. The van der Waals surface area contributed by atoms with Gasteiger partial charge in [0.25, 0.3) is 5.56 Å². The SMILES string of the molecule is COC(=O)c1cc2c(=O)[nH]cnc2cn1. The molecule has 6 heteroatoms. The van der Waals surface area contributed by atoms with E-state index in [0.717, 1.165) is 0 Å². The lowest BCUT2D eigenvalue weighted by molar-refractivity contribution is 0.0594. The maximum atomic E-state index is 11.4. The fourth-order valence-electron chi connectivity index (χ4n) is 1.19. The Balaban J connectivity index is 2.70. The van der Waals surface area contributed by atoms with Gasteiger partial charge in [0.05, 0.1) is 30.5 Å². The zero-order valence-electron chi connectivity index (χ0n) is 7.85. The van der Waals surface area contributed by atoms with Gasteiger partial charge in [-0.1, -0.05) is 0 Å². The third-order valence-electron chi connectivity index (χ3n) is 1.92. The molecular formula is C9H7N3O3. The first-order valence-corrected chi connectivity index (χ1v) is 4.14. The monoisotopic (exact) mass is 205 g/mol. The molecule has 0 unspecified atom stereocenters. The van der Waals surface area contributed by atoms with Crippen LogP contribution in [0.4, 0.5) is 0 Å². The zero-order valence-corrected chi connectivity index (χ0v) is 7.85. The summed E-state index contributed by atoms with van der Waals surface area (Å²) in [7, 11) is 1.25. The van der Waals surface area contributed by atoms with Crippen LogP contribution in [0.5, 0.6) is 0 Å². The van der Waals surface area contributed by atoms with Gasteiger partial charge >= 0.3 is 5.97 Å². The fourth-order valence-corrected chi connectivity index (χ4v) is 1.19. The van der Waals surface area contributed by atoms with Gasteiger partial charge in [-0.3, -0.25) is 4.79 Å². The first-order chi connectivity index (χ1) is 7.22. The number of fused-ring (bicyclic) bond motifs is 1. The Hall–Kier alpha value is -2.24. The van der Waals surface area contributed by atoms with Crippen molar-refractivity contribution >= 4 is 16.9 Å². The van der Waals surface area contributed by atoms with Crippen molar-refractivity contribution in [2.75, 3.05) is 7.11 Å². The van der Waals surface area contributed by atoms with Crippen LogP contribution in [0, 0.1) is 0 Å². The van der Waals surface area contributed by atoms with Crippen LogP contribution in [0.25, 0.3) is 10.9 Å². The van der Waals surface area contributed by atoms with E-state index in [-0.39, 0.29) is 11.3 Å². The number of ether oxygens (including phenoxy) is 1. The maximum Gasteiger partial charge on any atom is 0.356 e. The van der Waals surface area contributed by atoms with Gasteiger partial charge in [-0.25, -0.2) is 14.8 Å². The molecule has 0 radical (unpaired) electrons. The first-order valence-electron chi connectivity index (χ1n) is 4.14. The van der Waals surface area contributed by atoms with E-state index in [1.54, 1.807) is 0 Å². The number of pyridine rings is 1.